The number of nitrogens with one attached hydrogen (secondary N) is 1. The molecule has 26 heavy (non-hydrogen) atoms. The van der Waals surface area contributed by atoms with E-state index in [2.05, 4.69) is 5.32 Å². The first-order valence-electron chi connectivity index (χ1n) is 7.96. The van der Waals surface area contributed by atoms with Crippen molar-refractivity contribution in [1.82, 2.24) is 5.32 Å². The zero-order valence-electron chi connectivity index (χ0n) is 14.2. The van der Waals surface area contributed by atoms with Gasteiger partial charge in [0.1, 0.15) is 12.6 Å². The zero-order chi connectivity index (χ0) is 18.9. The smallest absolute Gasteiger partial charge is 0.329 e. The van der Waals surface area contributed by atoms with E-state index >= 15 is 0 Å². The Labute approximate surface area is 167 Å². The number of hydrogen-bond acceptors (Lipinski definition) is 4. The van der Waals surface area contributed by atoms with Crippen molar-refractivity contribution in [3.63, 3.8) is 0 Å². The Kier molecular flexibility index (Phi) is 8.29. The van der Waals surface area contributed by atoms with Crippen LogP contribution in [0.25, 0.3) is 0 Å². The van der Waals surface area contributed by atoms with Gasteiger partial charge in [0, 0.05) is 15.6 Å². The van der Waals surface area contributed by atoms with Gasteiger partial charge in [0.25, 0.3) is 5.91 Å². The summed E-state index contributed by atoms with van der Waals surface area (Å²) in [6.07, 6.45) is 2.42. The Morgan fingerprint density at radius 3 is 2.50 bits per heavy atom. The maximum absolute atomic E-state index is 12.4. The number of esters is 1. The largest absolute Gasteiger partial charge is 0.459 e. The molecule has 1 atom stereocenters. The van der Waals surface area contributed by atoms with Crippen LogP contribution in [0.1, 0.15) is 22.3 Å². The molecule has 138 valence electrons. The van der Waals surface area contributed by atoms with E-state index in [0.717, 1.165) is 11.3 Å². The quantitative estimate of drug-likeness (QED) is 0.645. The maximum atomic E-state index is 12.4. The Hall–Kier alpha value is -1.69. The van der Waals surface area contributed by atoms with Crippen molar-refractivity contribution >= 4 is 46.8 Å². The van der Waals surface area contributed by atoms with Crippen LogP contribution in [0.4, 0.5) is 0 Å². The minimum Gasteiger partial charge on any atom is -0.459 e. The van der Waals surface area contributed by atoms with Gasteiger partial charge in [-0.2, -0.15) is 11.8 Å². The molecular weight excluding hydrogens is 393 g/mol. The number of hydrogen-bond donors (Lipinski definition) is 1. The first-order chi connectivity index (χ1) is 12.5. The number of benzene rings is 2. The molecule has 0 aliphatic heterocycles. The Balaban J connectivity index is 1.99. The SMILES string of the molecule is CSCC[C@@H](NC(=O)c1ccc(Cl)cc1)C(=O)OCc1cccc(Cl)c1. The monoisotopic (exact) mass is 411 g/mol. The molecule has 0 unspecified atom stereocenters. The Morgan fingerprint density at radius 2 is 1.85 bits per heavy atom. The zero-order valence-corrected chi connectivity index (χ0v) is 16.5. The first kappa shape index (κ1) is 20.6. The van der Waals surface area contributed by atoms with E-state index in [-0.39, 0.29) is 12.5 Å². The second kappa shape index (κ2) is 10.5. The molecule has 2 rings (SSSR count). The molecule has 0 saturated heterocycles. The average Bonchev–Trinajstić information content (AvgIpc) is 2.63. The lowest BCUT2D eigenvalue weighted by molar-refractivity contribution is -0.147. The fraction of sp³-hybridized carbons (Fsp3) is 0.263. The summed E-state index contributed by atoms with van der Waals surface area (Å²) in [4.78, 5) is 24.8. The summed E-state index contributed by atoms with van der Waals surface area (Å²) in [6.45, 7) is 0.103. The third-order valence-electron chi connectivity index (χ3n) is 3.58. The molecule has 0 radical (unpaired) electrons. The summed E-state index contributed by atoms with van der Waals surface area (Å²) < 4.78 is 5.36. The molecule has 0 aliphatic rings. The average molecular weight is 412 g/mol. The van der Waals surface area contributed by atoms with Crippen molar-refractivity contribution in [3.8, 4) is 0 Å². The van der Waals surface area contributed by atoms with E-state index in [1.54, 1.807) is 54.2 Å². The summed E-state index contributed by atoms with van der Waals surface area (Å²) in [5.41, 5.74) is 1.23. The van der Waals surface area contributed by atoms with Crippen molar-refractivity contribution < 1.29 is 14.3 Å². The Bertz CT molecular complexity index is 753. The second-order valence-electron chi connectivity index (χ2n) is 5.55. The van der Waals surface area contributed by atoms with Crippen molar-refractivity contribution in [2.75, 3.05) is 12.0 Å². The van der Waals surface area contributed by atoms with Gasteiger partial charge in [0.05, 0.1) is 0 Å². The molecule has 2 aromatic rings. The van der Waals surface area contributed by atoms with Crippen LogP contribution in [0, 0.1) is 0 Å². The highest BCUT2D eigenvalue weighted by atomic mass is 35.5. The second-order valence-corrected chi connectivity index (χ2v) is 7.41. The van der Waals surface area contributed by atoms with E-state index in [0.29, 0.717) is 22.0 Å². The fourth-order valence-electron chi connectivity index (χ4n) is 2.21. The van der Waals surface area contributed by atoms with Gasteiger partial charge >= 0.3 is 5.97 Å². The first-order valence-corrected chi connectivity index (χ1v) is 10.1. The van der Waals surface area contributed by atoms with Gasteiger partial charge in [-0.3, -0.25) is 4.79 Å². The summed E-state index contributed by atoms with van der Waals surface area (Å²) in [5.74, 6) is -0.0912. The molecule has 0 heterocycles. The van der Waals surface area contributed by atoms with Gasteiger partial charge in [0.2, 0.25) is 0 Å². The van der Waals surface area contributed by atoms with Gasteiger partial charge in [-0.1, -0.05) is 35.3 Å². The van der Waals surface area contributed by atoms with Crippen LogP contribution in [0.15, 0.2) is 48.5 Å². The number of halogens is 2. The molecule has 0 aromatic heterocycles. The summed E-state index contributed by atoms with van der Waals surface area (Å²) in [7, 11) is 0. The van der Waals surface area contributed by atoms with Crippen LogP contribution < -0.4 is 5.32 Å². The van der Waals surface area contributed by atoms with Crippen molar-refractivity contribution in [3.05, 3.63) is 69.7 Å². The third-order valence-corrected chi connectivity index (χ3v) is 4.71. The normalized spacial score (nSPS) is 11.7. The highest BCUT2D eigenvalue weighted by Gasteiger charge is 2.22. The summed E-state index contributed by atoms with van der Waals surface area (Å²) in [6, 6.07) is 12.9. The fourth-order valence-corrected chi connectivity index (χ4v) is 3.02. The molecule has 0 bridgehead atoms. The van der Waals surface area contributed by atoms with E-state index in [9.17, 15) is 9.59 Å². The van der Waals surface area contributed by atoms with Gasteiger partial charge in [-0.15, -0.1) is 0 Å². The standard InChI is InChI=1S/C19H19Cl2NO3S/c1-26-10-9-17(22-18(23)14-5-7-15(20)8-6-14)19(24)25-12-13-3-2-4-16(21)11-13/h2-8,11,17H,9-10,12H2,1H3,(H,22,23)/t17-/m1/s1. The Morgan fingerprint density at radius 1 is 1.12 bits per heavy atom. The number of rotatable bonds is 8. The van der Waals surface area contributed by atoms with E-state index in [4.69, 9.17) is 27.9 Å². The van der Waals surface area contributed by atoms with E-state index in [1.807, 2.05) is 12.3 Å². The topological polar surface area (TPSA) is 55.4 Å². The number of thioether (sulfide) groups is 1. The molecular formula is C19H19Cl2NO3S. The van der Waals surface area contributed by atoms with Gasteiger partial charge in [-0.25, -0.2) is 4.79 Å². The van der Waals surface area contributed by atoms with E-state index in [1.165, 1.54) is 0 Å². The lowest BCUT2D eigenvalue weighted by Crippen LogP contribution is -2.42. The predicted molar refractivity (Wildman–Crippen MR) is 107 cm³/mol. The predicted octanol–water partition coefficient (Wildman–Crippen LogP) is 4.59. The highest BCUT2D eigenvalue weighted by molar-refractivity contribution is 7.98. The van der Waals surface area contributed by atoms with Crippen LogP contribution in [-0.2, 0) is 16.1 Å². The summed E-state index contributed by atoms with van der Waals surface area (Å²) in [5, 5.41) is 3.86. The molecule has 4 nitrogen and oxygen atoms in total. The number of amides is 1. The van der Waals surface area contributed by atoms with Gasteiger partial charge in [-0.05, 0) is 60.4 Å². The molecule has 0 fully saturated rings. The van der Waals surface area contributed by atoms with Crippen LogP contribution >= 0.6 is 35.0 Å². The molecule has 0 aliphatic carbocycles. The minimum atomic E-state index is -0.718. The van der Waals surface area contributed by atoms with Crippen molar-refractivity contribution in [1.29, 1.82) is 0 Å². The molecule has 1 amide bonds. The number of carbonyl (C=O) groups excluding carboxylic acids is 2. The molecule has 0 spiro atoms. The molecule has 2 aromatic carbocycles. The van der Waals surface area contributed by atoms with Crippen LogP contribution in [0.5, 0.6) is 0 Å². The molecule has 1 N–H and O–H groups in total. The van der Waals surface area contributed by atoms with E-state index < -0.39 is 12.0 Å². The van der Waals surface area contributed by atoms with Gasteiger partial charge in [0.15, 0.2) is 0 Å². The minimum absolute atomic E-state index is 0.103. The molecule has 7 heteroatoms. The van der Waals surface area contributed by atoms with Crippen molar-refractivity contribution in [2.45, 2.75) is 19.1 Å². The van der Waals surface area contributed by atoms with Crippen LogP contribution in [0.2, 0.25) is 10.0 Å². The lowest BCUT2D eigenvalue weighted by Gasteiger charge is -2.17. The summed E-state index contributed by atoms with van der Waals surface area (Å²) >= 11 is 13.4. The highest BCUT2D eigenvalue weighted by Crippen LogP contribution is 2.13. The maximum Gasteiger partial charge on any atom is 0.329 e. The van der Waals surface area contributed by atoms with Crippen LogP contribution in [0.3, 0.4) is 0 Å². The van der Waals surface area contributed by atoms with Crippen molar-refractivity contribution in [2.24, 2.45) is 0 Å². The number of ether oxygens (including phenoxy) is 1. The van der Waals surface area contributed by atoms with Gasteiger partial charge < -0.3 is 10.1 Å². The lowest BCUT2D eigenvalue weighted by atomic mass is 10.1. The number of carbonyl (C=O) groups is 2. The third kappa shape index (κ3) is 6.56. The molecule has 0 saturated carbocycles. The van der Waals surface area contributed by atoms with Crippen LogP contribution in [-0.4, -0.2) is 29.9 Å².